The Morgan fingerprint density at radius 1 is 1.06 bits per heavy atom. The Kier molecular flexibility index (Phi) is 2.91. The average Bonchev–Trinajstić information content (AvgIpc) is 2.80. The van der Waals surface area contributed by atoms with E-state index in [0.29, 0.717) is 0 Å². The molecule has 1 N–H and O–H groups in total. The number of H-pyrrole nitrogens is 1. The first-order valence-corrected chi connectivity index (χ1v) is 5.68. The summed E-state index contributed by atoms with van der Waals surface area (Å²) < 4.78 is 0. The maximum absolute atomic E-state index is 4.06. The number of fused-ring (bicyclic) bond motifs is 2. The Hall–Kier alpha value is -1.83. The fourth-order valence-electron chi connectivity index (χ4n) is 1.97. The molecule has 1 aromatic heterocycles. The lowest BCUT2D eigenvalue weighted by Crippen LogP contribution is -1.79. The van der Waals surface area contributed by atoms with Gasteiger partial charge in [-0.3, -0.25) is 5.10 Å². The summed E-state index contributed by atoms with van der Waals surface area (Å²) in [6.07, 6.45) is 1.89. The summed E-state index contributed by atoms with van der Waals surface area (Å²) in [4.78, 5) is 0. The maximum Gasteiger partial charge on any atom is 0.0659 e. The molecule has 0 unspecified atom stereocenters. The molecule has 3 rings (SSSR count). The van der Waals surface area contributed by atoms with Gasteiger partial charge < -0.3 is 0 Å². The molecule has 16 heavy (non-hydrogen) atoms. The lowest BCUT2D eigenvalue weighted by atomic mass is 10.0. The van der Waals surface area contributed by atoms with Crippen molar-refractivity contribution in [3.63, 3.8) is 0 Å². The Balaban J connectivity index is 0.000000457. The largest absolute Gasteiger partial charge is 0.278 e. The molecule has 0 spiro atoms. The highest BCUT2D eigenvalue weighted by Gasteiger charge is 2.03. The highest BCUT2D eigenvalue weighted by Crippen LogP contribution is 2.25. The van der Waals surface area contributed by atoms with Crippen LogP contribution < -0.4 is 0 Å². The lowest BCUT2D eigenvalue weighted by molar-refractivity contribution is 1.12. The van der Waals surface area contributed by atoms with Gasteiger partial charge in [-0.1, -0.05) is 38.1 Å². The van der Waals surface area contributed by atoms with Crippen molar-refractivity contribution in [2.75, 3.05) is 0 Å². The Bertz CT molecular complexity index is 608. The van der Waals surface area contributed by atoms with Crippen molar-refractivity contribution >= 4 is 21.7 Å². The first kappa shape index (κ1) is 10.7. The Labute approximate surface area is 95.3 Å². The zero-order chi connectivity index (χ0) is 11.5. The van der Waals surface area contributed by atoms with E-state index < -0.39 is 0 Å². The number of nitrogens with zero attached hydrogens (tertiary/aromatic N) is 1. The first-order chi connectivity index (χ1) is 7.86. The second kappa shape index (κ2) is 4.35. The number of aromatic amines is 1. The van der Waals surface area contributed by atoms with Gasteiger partial charge >= 0.3 is 0 Å². The third kappa shape index (κ3) is 1.56. The summed E-state index contributed by atoms with van der Waals surface area (Å²) in [6.45, 7) is 6.14. The smallest absolute Gasteiger partial charge is 0.0659 e. The van der Waals surface area contributed by atoms with E-state index in [1.165, 1.54) is 21.7 Å². The second-order valence-corrected chi connectivity index (χ2v) is 3.55. The quantitative estimate of drug-likeness (QED) is 0.598. The van der Waals surface area contributed by atoms with Crippen molar-refractivity contribution < 1.29 is 0 Å². The molecule has 0 saturated heterocycles. The van der Waals surface area contributed by atoms with Gasteiger partial charge in [-0.15, -0.1) is 0 Å². The third-order valence-electron chi connectivity index (χ3n) is 2.74. The number of hydrogen-bond acceptors (Lipinski definition) is 1. The number of nitrogens with one attached hydrogen (secondary N) is 1. The van der Waals surface area contributed by atoms with Gasteiger partial charge in [-0.05, 0) is 29.3 Å². The standard InChI is InChI=1S/C12H10N2.C2H6/c1-8-10-5-3-2-4-9(10)6-12-11(8)7-13-14-12;1-2/h2-7H,1H3,(H,13,14);1-2H3. The molecule has 0 fully saturated rings. The first-order valence-electron chi connectivity index (χ1n) is 5.68. The highest BCUT2D eigenvalue weighted by molar-refractivity contribution is 6.00. The van der Waals surface area contributed by atoms with E-state index in [-0.39, 0.29) is 0 Å². The fraction of sp³-hybridized carbons (Fsp3) is 0.214. The molecular formula is C14H16N2. The number of hydrogen-bond donors (Lipinski definition) is 1. The van der Waals surface area contributed by atoms with E-state index in [1.54, 1.807) is 0 Å². The number of rotatable bonds is 0. The minimum atomic E-state index is 1.11. The highest BCUT2D eigenvalue weighted by atomic mass is 15.1. The van der Waals surface area contributed by atoms with E-state index >= 15 is 0 Å². The maximum atomic E-state index is 4.06. The van der Waals surface area contributed by atoms with Crippen LogP contribution in [0.2, 0.25) is 0 Å². The molecule has 0 aliphatic heterocycles. The predicted octanol–water partition coefficient (Wildman–Crippen LogP) is 4.05. The Morgan fingerprint density at radius 3 is 2.62 bits per heavy atom. The van der Waals surface area contributed by atoms with E-state index in [0.717, 1.165) is 5.52 Å². The van der Waals surface area contributed by atoms with Gasteiger partial charge in [0.2, 0.25) is 0 Å². The average molecular weight is 212 g/mol. The monoisotopic (exact) mass is 212 g/mol. The van der Waals surface area contributed by atoms with Crippen LogP contribution in [0.5, 0.6) is 0 Å². The van der Waals surface area contributed by atoms with E-state index in [4.69, 9.17) is 0 Å². The zero-order valence-corrected chi connectivity index (χ0v) is 9.91. The van der Waals surface area contributed by atoms with Gasteiger partial charge in [0, 0.05) is 5.39 Å². The molecule has 0 bridgehead atoms. The summed E-state index contributed by atoms with van der Waals surface area (Å²) in [6, 6.07) is 10.6. The molecule has 82 valence electrons. The summed E-state index contributed by atoms with van der Waals surface area (Å²) in [7, 11) is 0. The van der Waals surface area contributed by atoms with Crippen LogP contribution in [-0.2, 0) is 0 Å². The van der Waals surface area contributed by atoms with Gasteiger partial charge in [0.1, 0.15) is 0 Å². The van der Waals surface area contributed by atoms with Gasteiger partial charge in [0.25, 0.3) is 0 Å². The molecule has 0 saturated carbocycles. The number of aromatic nitrogens is 2. The zero-order valence-electron chi connectivity index (χ0n) is 9.91. The summed E-state index contributed by atoms with van der Waals surface area (Å²) in [5.74, 6) is 0. The van der Waals surface area contributed by atoms with Crippen LogP contribution >= 0.6 is 0 Å². The predicted molar refractivity (Wildman–Crippen MR) is 69.7 cm³/mol. The molecule has 0 amide bonds. The molecular weight excluding hydrogens is 196 g/mol. The van der Waals surface area contributed by atoms with Crippen LogP contribution in [0.3, 0.4) is 0 Å². The third-order valence-corrected chi connectivity index (χ3v) is 2.74. The van der Waals surface area contributed by atoms with E-state index in [9.17, 15) is 0 Å². The van der Waals surface area contributed by atoms with Crippen LogP contribution in [0.15, 0.2) is 36.5 Å². The van der Waals surface area contributed by atoms with Crippen molar-refractivity contribution in [1.82, 2.24) is 10.2 Å². The molecule has 0 aliphatic rings. The minimum Gasteiger partial charge on any atom is -0.278 e. The number of aryl methyl sites for hydroxylation is 1. The van der Waals surface area contributed by atoms with Gasteiger partial charge in [0.05, 0.1) is 11.7 Å². The number of benzene rings is 2. The molecule has 3 aromatic rings. The van der Waals surface area contributed by atoms with Crippen LogP contribution in [-0.4, -0.2) is 10.2 Å². The molecule has 1 heterocycles. The molecule has 2 nitrogen and oxygen atoms in total. The van der Waals surface area contributed by atoms with Crippen molar-refractivity contribution in [2.45, 2.75) is 20.8 Å². The van der Waals surface area contributed by atoms with Crippen LogP contribution in [0.4, 0.5) is 0 Å². The van der Waals surface area contributed by atoms with Gasteiger partial charge in [-0.2, -0.15) is 5.10 Å². The minimum absolute atomic E-state index is 1.11. The topological polar surface area (TPSA) is 28.7 Å². The lowest BCUT2D eigenvalue weighted by Gasteiger charge is -2.02. The van der Waals surface area contributed by atoms with Gasteiger partial charge in [-0.25, -0.2) is 0 Å². The second-order valence-electron chi connectivity index (χ2n) is 3.55. The van der Waals surface area contributed by atoms with Crippen LogP contribution in [0, 0.1) is 6.92 Å². The molecule has 0 radical (unpaired) electrons. The van der Waals surface area contributed by atoms with Crippen molar-refractivity contribution in [3.05, 3.63) is 42.1 Å². The summed E-state index contributed by atoms with van der Waals surface area (Å²) >= 11 is 0. The fourth-order valence-corrected chi connectivity index (χ4v) is 1.97. The van der Waals surface area contributed by atoms with Crippen molar-refractivity contribution in [3.8, 4) is 0 Å². The van der Waals surface area contributed by atoms with E-state index in [2.05, 4.69) is 47.5 Å². The molecule has 0 atom stereocenters. The molecule has 2 heteroatoms. The molecule has 2 aromatic carbocycles. The van der Waals surface area contributed by atoms with Crippen LogP contribution in [0.1, 0.15) is 19.4 Å². The normalized spacial score (nSPS) is 10.2. The van der Waals surface area contributed by atoms with Crippen molar-refractivity contribution in [2.24, 2.45) is 0 Å². The molecule has 0 aliphatic carbocycles. The SMILES string of the molecule is CC.Cc1c2ccccc2cc2[nH]ncc12. The van der Waals surface area contributed by atoms with Crippen LogP contribution in [0.25, 0.3) is 21.7 Å². The summed E-state index contributed by atoms with van der Waals surface area (Å²) in [5, 5.41) is 10.8. The Morgan fingerprint density at radius 2 is 1.81 bits per heavy atom. The van der Waals surface area contributed by atoms with Gasteiger partial charge in [0.15, 0.2) is 0 Å². The van der Waals surface area contributed by atoms with Crippen molar-refractivity contribution in [1.29, 1.82) is 0 Å². The van der Waals surface area contributed by atoms with E-state index in [1.807, 2.05) is 20.0 Å². The summed E-state index contributed by atoms with van der Waals surface area (Å²) in [5.41, 5.74) is 2.41.